The topological polar surface area (TPSA) is 109 Å². The molecule has 2 N–H and O–H groups in total. The highest BCUT2D eigenvalue weighted by molar-refractivity contribution is 6.00. The zero-order chi connectivity index (χ0) is 26.8. The SMILES string of the molecule is CCn1nccc1C(=O)N[C@H](c1nc2nc(-c3ccccc3C(=O)N(C)C)ccc2[nH]1)[C@H]1CC[C@H](C)CC1. The van der Waals surface area contributed by atoms with E-state index in [1.807, 2.05) is 43.3 Å². The molecular formula is C29H35N7O2. The van der Waals surface area contributed by atoms with E-state index in [-0.39, 0.29) is 23.8 Å². The second kappa shape index (κ2) is 10.8. The van der Waals surface area contributed by atoms with E-state index in [2.05, 4.69) is 22.3 Å². The Morgan fingerprint density at radius 1 is 1.08 bits per heavy atom. The van der Waals surface area contributed by atoms with Gasteiger partial charge in [0.15, 0.2) is 5.65 Å². The van der Waals surface area contributed by atoms with Crippen LogP contribution >= 0.6 is 0 Å². The monoisotopic (exact) mass is 513 g/mol. The number of hydrogen-bond donors (Lipinski definition) is 2. The van der Waals surface area contributed by atoms with Crippen LogP contribution in [0.15, 0.2) is 48.7 Å². The van der Waals surface area contributed by atoms with Gasteiger partial charge >= 0.3 is 0 Å². The fourth-order valence-corrected chi connectivity index (χ4v) is 5.36. The third-order valence-corrected chi connectivity index (χ3v) is 7.57. The van der Waals surface area contributed by atoms with Gasteiger partial charge in [-0.25, -0.2) is 9.97 Å². The van der Waals surface area contributed by atoms with Gasteiger partial charge in [-0.2, -0.15) is 5.10 Å². The van der Waals surface area contributed by atoms with Crippen LogP contribution in [0.4, 0.5) is 0 Å². The number of nitrogens with zero attached hydrogens (tertiary/aromatic N) is 5. The molecule has 1 saturated carbocycles. The van der Waals surface area contributed by atoms with Crippen LogP contribution in [-0.2, 0) is 6.54 Å². The first-order valence-electron chi connectivity index (χ1n) is 13.4. The molecular weight excluding hydrogens is 478 g/mol. The second-order valence-corrected chi connectivity index (χ2v) is 10.4. The largest absolute Gasteiger partial charge is 0.345 e. The summed E-state index contributed by atoms with van der Waals surface area (Å²) in [7, 11) is 3.48. The van der Waals surface area contributed by atoms with Gasteiger partial charge in [0.05, 0.1) is 17.3 Å². The minimum absolute atomic E-state index is 0.0779. The molecule has 198 valence electrons. The second-order valence-electron chi connectivity index (χ2n) is 10.4. The Balaban J connectivity index is 1.50. The molecule has 0 unspecified atom stereocenters. The van der Waals surface area contributed by atoms with E-state index in [0.717, 1.165) is 36.8 Å². The molecule has 0 aliphatic heterocycles. The number of amides is 2. The van der Waals surface area contributed by atoms with Gasteiger partial charge in [-0.15, -0.1) is 0 Å². The summed E-state index contributed by atoms with van der Waals surface area (Å²) < 4.78 is 1.70. The van der Waals surface area contributed by atoms with E-state index in [1.165, 1.54) is 0 Å². The van der Waals surface area contributed by atoms with Crippen molar-refractivity contribution in [1.82, 2.24) is 34.9 Å². The molecule has 0 bridgehead atoms. The number of benzene rings is 1. The first kappa shape index (κ1) is 25.6. The lowest BCUT2D eigenvalue weighted by atomic mass is 9.79. The van der Waals surface area contributed by atoms with Gasteiger partial charge in [0.2, 0.25) is 0 Å². The summed E-state index contributed by atoms with van der Waals surface area (Å²) in [4.78, 5) is 40.8. The molecule has 4 aromatic rings. The average Bonchev–Trinajstić information content (AvgIpc) is 3.58. The molecule has 0 spiro atoms. The molecule has 1 aliphatic rings. The van der Waals surface area contributed by atoms with Crippen LogP contribution in [0.5, 0.6) is 0 Å². The van der Waals surface area contributed by atoms with Gasteiger partial charge in [-0.3, -0.25) is 14.3 Å². The molecule has 5 rings (SSSR count). The highest BCUT2D eigenvalue weighted by Gasteiger charge is 2.32. The number of H-pyrrole nitrogens is 1. The van der Waals surface area contributed by atoms with Gasteiger partial charge in [0.25, 0.3) is 11.8 Å². The van der Waals surface area contributed by atoms with E-state index in [4.69, 9.17) is 9.97 Å². The van der Waals surface area contributed by atoms with Gasteiger partial charge in [-0.1, -0.05) is 38.0 Å². The summed E-state index contributed by atoms with van der Waals surface area (Å²) in [5.41, 5.74) is 3.93. The van der Waals surface area contributed by atoms with Gasteiger partial charge < -0.3 is 15.2 Å². The molecule has 38 heavy (non-hydrogen) atoms. The lowest BCUT2D eigenvalue weighted by Gasteiger charge is -2.32. The van der Waals surface area contributed by atoms with Crippen LogP contribution in [0.3, 0.4) is 0 Å². The Morgan fingerprint density at radius 2 is 1.84 bits per heavy atom. The number of aryl methyl sites for hydroxylation is 1. The quantitative estimate of drug-likeness (QED) is 0.368. The Labute approximate surface area is 222 Å². The van der Waals surface area contributed by atoms with Crippen molar-refractivity contribution in [2.75, 3.05) is 14.1 Å². The smallest absolute Gasteiger partial charge is 0.270 e. The molecule has 0 saturated heterocycles. The Bertz CT molecular complexity index is 1450. The number of pyridine rings is 1. The summed E-state index contributed by atoms with van der Waals surface area (Å²) in [5.74, 6) is 1.43. The van der Waals surface area contributed by atoms with Crippen LogP contribution in [0.1, 0.15) is 72.2 Å². The number of fused-ring (bicyclic) bond motifs is 1. The molecule has 1 atom stereocenters. The molecule has 1 fully saturated rings. The maximum Gasteiger partial charge on any atom is 0.270 e. The number of nitrogens with one attached hydrogen (secondary N) is 2. The maximum atomic E-state index is 13.3. The molecule has 1 aliphatic carbocycles. The third-order valence-electron chi connectivity index (χ3n) is 7.57. The van der Waals surface area contributed by atoms with E-state index in [1.54, 1.807) is 35.9 Å². The van der Waals surface area contributed by atoms with Crippen molar-refractivity contribution in [2.24, 2.45) is 11.8 Å². The minimum Gasteiger partial charge on any atom is -0.345 e. The standard InChI is InChI=1S/C29H35N7O2/c1-5-36-24(16-17-30-36)28(37)33-25(19-12-10-18(2)11-13-19)27-32-23-15-14-22(31-26(23)34-27)20-8-6-7-9-21(20)29(38)35(3)4/h6-9,14-19,25H,5,10-13H2,1-4H3,(H,33,37)(H,31,32,34)/t18-,19-,25-/m0/s1. The van der Waals surface area contributed by atoms with Crippen molar-refractivity contribution in [3.8, 4) is 11.3 Å². The van der Waals surface area contributed by atoms with Crippen molar-refractivity contribution in [1.29, 1.82) is 0 Å². The van der Waals surface area contributed by atoms with Crippen LogP contribution in [0.25, 0.3) is 22.4 Å². The normalized spacial score (nSPS) is 18.3. The Morgan fingerprint density at radius 3 is 2.58 bits per heavy atom. The average molecular weight is 514 g/mol. The summed E-state index contributed by atoms with van der Waals surface area (Å²) in [6, 6.07) is 12.8. The van der Waals surface area contributed by atoms with Gasteiger partial charge in [0.1, 0.15) is 11.5 Å². The molecule has 3 aromatic heterocycles. The maximum absolute atomic E-state index is 13.3. The van der Waals surface area contributed by atoms with E-state index in [0.29, 0.717) is 40.9 Å². The lowest BCUT2D eigenvalue weighted by molar-refractivity contribution is 0.0827. The van der Waals surface area contributed by atoms with Crippen molar-refractivity contribution in [3.05, 3.63) is 65.7 Å². The summed E-state index contributed by atoms with van der Waals surface area (Å²) >= 11 is 0. The molecule has 0 radical (unpaired) electrons. The Kier molecular flexibility index (Phi) is 7.26. The van der Waals surface area contributed by atoms with Crippen molar-refractivity contribution < 1.29 is 9.59 Å². The summed E-state index contributed by atoms with van der Waals surface area (Å²) in [6.45, 7) is 4.88. The van der Waals surface area contributed by atoms with Crippen LogP contribution in [0, 0.1) is 11.8 Å². The van der Waals surface area contributed by atoms with Crippen molar-refractivity contribution in [3.63, 3.8) is 0 Å². The fraction of sp³-hybridized carbons (Fsp3) is 0.414. The third kappa shape index (κ3) is 5.05. The predicted molar refractivity (Wildman–Crippen MR) is 147 cm³/mol. The van der Waals surface area contributed by atoms with E-state index >= 15 is 0 Å². The first-order chi connectivity index (χ1) is 18.4. The number of aromatic amines is 1. The molecule has 3 heterocycles. The zero-order valence-corrected chi connectivity index (χ0v) is 22.4. The highest BCUT2D eigenvalue weighted by atomic mass is 16.2. The molecule has 9 heteroatoms. The van der Waals surface area contributed by atoms with Crippen LogP contribution in [0.2, 0.25) is 0 Å². The van der Waals surface area contributed by atoms with Crippen LogP contribution < -0.4 is 5.32 Å². The molecule has 9 nitrogen and oxygen atoms in total. The predicted octanol–water partition coefficient (Wildman–Crippen LogP) is 4.84. The lowest BCUT2D eigenvalue weighted by Crippen LogP contribution is -2.36. The number of carbonyl (C=O) groups is 2. The van der Waals surface area contributed by atoms with Crippen molar-refractivity contribution >= 4 is 23.0 Å². The zero-order valence-electron chi connectivity index (χ0n) is 22.4. The van der Waals surface area contributed by atoms with Crippen LogP contribution in [-0.4, -0.2) is 55.5 Å². The highest BCUT2D eigenvalue weighted by Crippen LogP contribution is 2.37. The fourth-order valence-electron chi connectivity index (χ4n) is 5.36. The summed E-state index contributed by atoms with van der Waals surface area (Å²) in [5, 5.41) is 7.52. The molecule has 1 aromatic carbocycles. The Hall–Kier alpha value is -4.01. The van der Waals surface area contributed by atoms with Gasteiger partial charge in [-0.05, 0) is 55.9 Å². The summed E-state index contributed by atoms with van der Waals surface area (Å²) in [6.07, 6.45) is 5.96. The molecule has 2 amide bonds. The minimum atomic E-state index is -0.268. The number of aromatic nitrogens is 5. The number of hydrogen-bond acceptors (Lipinski definition) is 5. The number of imidazole rings is 1. The van der Waals surface area contributed by atoms with E-state index in [9.17, 15) is 9.59 Å². The van der Waals surface area contributed by atoms with Gasteiger partial charge in [0, 0.05) is 38.0 Å². The van der Waals surface area contributed by atoms with E-state index < -0.39 is 0 Å². The number of carbonyl (C=O) groups excluding carboxylic acids is 2. The first-order valence-corrected chi connectivity index (χ1v) is 13.4. The van der Waals surface area contributed by atoms with Crippen molar-refractivity contribution in [2.45, 2.75) is 52.1 Å². The number of rotatable bonds is 7.